The van der Waals surface area contributed by atoms with Gasteiger partial charge in [-0.3, -0.25) is 4.79 Å². The van der Waals surface area contributed by atoms with Crippen LogP contribution in [0.2, 0.25) is 0 Å². The van der Waals surface area contributed by atoms with Gasteiger partial charge in [0.15, 0.2) is 0 Å². The van der Waals surface area contributed by atoms with Crippen LogP contribution in [0.4, 0.5) is 0 Å². The normalized spacial score (nSPS) is 26.9. The minimum Gasteiger partial charge on any atom is -0.377 e. The fraction of sp³-hybridized carbons (Fsp3) is 0.476. The van der Waals surface area contributed by atoms with Crippen LogP contribution in [-0.2, 0) is 17.8 Å². The van der Waals surface area contributed by atoms with Crippen molar-refractivity contribution in [2.45, 2.75) is 45.5 Å². The molecule has 0 spiro atoms. The summed E-state index contributed by atoms with van der Waals surface area (Å²) >= 11 is 0. The first kappa shape index (κ1) is 16.6. The van der Waals surface area contributed by atoms with Crippen LogP contribution in [0.1, 0.15) is 31.4 Å². The summed E-state index contributed by atoms with van der Waals surface area (Å²) in [4.78, 5) is 11.8. The molecule has 0 bridgehead atoms. The van der Waals surface area contributed by atoms with Crippen LogP contribution in [0, 0.1) is 11.3 Å². The summed E-state index contributed by atoms with van der Waals surface area (Å²) in [6.45, 7) is 7.01. The highest BCUT2D eigenvalue weighted by atomic mass is 16.5. The molecule has 1 aromatic heterocycles. The average molecular weight is 338 g/mol. The lowest BCUT2D eigenvalue weighted by Gasteiger charge is -2.55. The minimum atomic E-state index is 0.0359. The first-order valence-electron chi connectivity index (χ1n) is 9.14. The van der Waals surface area contributed by atoms with E-state index < -0.39 is 0 Å². The van der Waals surface area contributed by atoms with E-state index in [-0.39, 0.29) is 11.0 Å². The highest BCUT2D eigenvalue weighted by molar-refractivity contribution is 5.23. The van der Waals surface area contributed by atoms with Crippen molar-refractivity contribution in [2.75, 3.05) is 6.61 Å². The third kappa shape index (κ3) is 3.05. The molecule has 1 N–H and O–H groups in total. The van der Waals surface area contributed by atoms with Gasteiger partial charge in [-0.2, -0.15) is 0 Å². The van der Waals surface area contributed by atoms with E-state index in [2.05, 4.69) is 43.4 Å². The van der Waals surface area contributed by atoms with Crippen LogP contribution in [0.15, 0.2) is 53.5 Å². The second-order valence-electron chi connectivity index (χ2n) is 7.91. The number of hydrogen-bond donors (Lipinski definition) is 1. The largest absolute Gasteiger partial charge is 0.377 e. The zero-order valence-electron chi connectivity index (χ0n) is 14.9. The summed E-state index contributed by atoms with van der Waals surface area (Å²) in [6, 6.07) is 14.3. The van der Waals surface area contributed by atoms with Crippen LogP contribution in [0.5, 0.6) is 0 Å². The maximum atomic E-state index is 11.8. The molecule has 0 amide bonds. The second kappa shape index (κ2) is 6.43. The number of nitrogens with one attached hydrogen (secondary N) is 1. The Morgan fingerprint density at radius 2 is 1.92 bits per heavy atom. The molecule has 2 aliphatic rings. The zero-order valence-corrected chi connectivity index (χ0v) is 14.9. The molecule has 4 rings (SSSR count). The van der Waals surface area contributed by atoms with Crippen molar-refractivity contribution >= 4 is 0 Å². The van der Waals surface area contributed by atoms with Gasteiger partial charge in [0.1, 0.15) is 0 Å². The smallest absolute Gasteiger partial charge is 0.250 e. The van der Waals surface area contributed by atoms with Gasteiger partial charge in [-0.15, -0.1) is 0 Å². The van der Waals surface area contributed by atoms with Crippen LogP contribution in [-0.4, -0.2) is 23.3 Å². The lowest BCUT2D eigenvalue weighted by Crippen LogP contribution is -2.65. The predicted octanol–water partition coefficient (Wildman–Crippen LogP) is 2.80. The summed E-state index contributed by atoms with van der Waals surface area (Å²) in [5.41, 5.74) is 2.68. The number of rotatable bonds is 5. The van der Waals surface area contributed by atoms with E-state index in [4.69, 9.17) is 4.74 Å². The van der Waals surface area contributed by atoms with Gasteiger partial charge in [0, 0.05) is 42.8 Å². The molecular weight excluding hydrogens is 312 g/mol. The molecule has 1 aliphatic carbocycles. The maximum absolute atomic E-state index is 11.8. The van der Waals surface area contributed by atoms with Crippen molar-refractivity contribution in [3.8, 4) is 0 Å². The van der Waals surface area contributed by atoms with Crippen LogP contribution < -0.4 is 10.9 Å². The van der Waals surface area contributed by atoms with Crippen molar-refractivity contribution in [1.29, 1.82) is 0 Å². The van der Waals surface area contributed by atoms with Crippen molar-refractivity contribution in [3.63, 3.8) is 0 Å². The summed E-state index contributed by atoms with van der Waals surface area (Å²) in [5, 5.41) is 3.74. The van der Waals surface area contributed by atoms with E-state index in [0.29, 0.717) is 24.6 Å². The first-order valence-corrected chi connectivity index (χ1v) is 9.14. The number of aromatic nitrogens is 1. The van der Waals surface area contributed by atoms with Crippen molar-refractivity contribution < 1.29 is 4.74 Å². The Morgan fingerprint density at radius 3 is 2.68 bits per heavy atom. The molecule has 1 saturated heterocycles. The Morgan fingerprint density at radius 1 is 1.16 bits per heavy atom. The van der Waals surface area contributed by atoms with E-state index in [1.807, 2.05) is 12.3 Å². The zero-order chi connectivity index (χ0) is 17.4. The molecule has 132 valence electrons. The topological polar surface area (TPSA) is 43.3 Å². The van der Waals surface area contributed by atoms with E-state index in [0.717, 1.165) is 18.7 Å². The fourth-order valence-electron chi connectivity index (χ4n) is 4.52. The lowest BCUT2D eigenvalue weighted by atomic mass is 9.57. The van der Waals surface area contributed by atoms with Gasteiger partial charge in [0.25, 0.3) is 5.56 Å². The summed E-state index contributed by atoms with van der Waals surface area (Å²) < 4.78 is 7.59. The molecule has 1 unspecified atom stereocenters. The standard InChI is InChI=1S/C21H26N2O2/c1-21(2)19(17-10-12-25-20(17)21)22-13-15-6-8-16(9-7-15)14-23-11-4-3-5-18(23)24/h3-9,11,17,19-20,22H,10,12-14H2,1-2H3/t17-,19?,20-/m0/s1. The number of fused-ring (bicyclic) bond motifs is 1. The van der Waals surface area contributed by atoms with Crippen molar-refractivity contribution in [2.24, 2.45) is 11.3 Å². The third-order valence-electron chi connectivity index (χ3n) is 5.90. The minimum absolute atomic E-state index is 0.0359. The molecule has 4 heteroatoms. The molecular formula is C21H26N2O2. The number of benzene rings is 1. The van der Waals surface area contributed by atoms with E-state index in [1.165, 1.54) is 12.0 Å². The molecule has 2 fully saturated rings. The Kier molecular flexibility index (Phi) is 4.26. The Labute approximate surface area is 148 Å². The summed E-state index contributed by atoms with van der Waals surface area (Å²) in [6.07, 6.45) is 3.43. The summed E-state index contributed by atoms with van der Waals surface area (Å²) in [5.74, 6) is 0.666. The van der Waals surface area contributed by atoms with Gasteiger partial charge in [-0.1, -0.05) is 44.2 Å². The maximum Gasteiger partial charge on any atom is 0.250 e. The molecule has 1 saturated carbocycles. The highest BCUT2D eigenvalue weighted by Gasteiger charge is 2.58. The molecule has 2 heterocycles. The molecule has 1 aromatic carbocycles. The lowest BCUT2D eigenvalue weighted by molar-refractivity contribution is -0.113. The molecule has 25 heavy (non-hydrogen) atoms. The average Bonchev–Trinajstić information content (AvgIpc) is 3.05. The van der Waals surface area contributed by atoms with Crippen LogP contribution in [0.3, 0.4) is 0 Å². The quantitative estimate of drug-likeness (QED) is 0.912. The number of nitrogens with zero attached hydrogens (tertiary/aromatic N) is 1. The second-order valence-corrected chi connectivity index (χ2v) is 7.91. The van der Waals surface area contributed by atoms with Crippen molar-refractivity contribution in [1.82, 2.24) is 9.88 Å². The third-order valence-corrected chi connectivity index (χ3v) is 5.90. The first-order chi connectivity index (χ1) is 12.1. The number of pyridine rings is 1. The van der Waals surface area contributed by atoms with Crippen LogP contribution >= 0.6 is 0 Å². The SMILES string of the molecule is CC1(C)C(NCc2ccc(Cn3ccccc3=O)cc2)[C@@H]2CCO[C@@H]21. The van der Waals surface area contributed by atoms with Gasteiger partial charge in [-0.25, -0.2) is 0 Å². The molecule has 2 aromatic rings. The monoisotopic (exact) mass is 338 g/mol. The molecule has 3 atom stereocenters. The Bertz CT molecular complexity index is 794. The number of ether oxygens (including phenoxy) is 1. The molecule has 0 radical (unpaired) electrons. The molecule has 1 aliphatic heterocycles. The Hall–Kier alpha value is -1.91. The highest BCUT2D eigenvalue weighted by Crippen LogP contribution is 2.52. The summed E-state index contributed by atoms with van der Waals surface area (Å²) in [7, 11) is 0. The van der Waals surface area contributed by atoms with Crippen LogP contribution in [0.25, 0.3) is 0 Å². The number of hydrogen-bond acceptors (Lipinski definition) is 3. The van der Waals surface area contributed by atoms with E-state index >= 15 is 0 Å². The van der Waals surface area contributed by atoms with E-state index in [1.54, 1.807) is 16.7 Å². The van der Waals surface area contributed by atoms with Gasteiger partial charge in [0.05, 0.1) is 12.6 Å². The van der Waals surface area contributed by atoms with Crippen molar-refractivity contribution in [3.05, 3.63) is 70.1 Å². The Balaban J connectivity index is 1.37. The van der Waals surface area contributed by atoms with Gasteiger partial charge in [0.2, 0.25) is 0 Å². The molecule has 4 nitrogen and oxygen atoms in total. The fourth-order valence-corrected chi connectivity index (χ4v) is 4.52. The van der Waals surface area contributed by atoms with E-state index in [9.17, 15) is 4.79 Å². The predicted molar refractivity (Wildman–Crippen MR) is 98.5 cm³/mol. The van der Waals surface area contributed by atoms with Gasteiger partial charge >= 0.3 is 0 Å². The van der Waals surface area contributed by atoms with Gasteiger partial charge in [-0.05, 0) is 23.6 Å². The van der Waals surface area contributed by atoms with Gasteiger partial charge < -0.3 is 14.6 Å².